The highest BCUT2D eigenvalue weighted by atomic mass is 19.4. The lowest BCUT2D eigenvalue weighted by molar-refractivity contribution is -0.202. The van der Waals surface area contributed by atoms with Gasteiger partial charge >= 0.3 is 12.4 Å². The molecule has 0 radical (unpaired) electrons. The predicted octanol–water partition coefficient (Wildman–Crippen LogP) is 3.19. The fourth-order valence-corrected chi connectivity index (χ4v) is 1.59. The summed E-state index contributed by atoms with van der Waals surface area (Å²) in [4.78, 5) is 0. The van der Waals surface area contributed by atoms with E-state index in [4.69, 9.17) is 5.11 Å². The number of alkyl halides is 6. The molecular weight excluding hydrogens is 288 g/mol. The summed E-state index contributed by atoms with van der Waals surface area (Å²) in [7, 11) is 0. The van der Waals surface area contributed by atoms with Crippen molar-refractivity contribution >= 4 is 0 Å². The van der Waals surface area contributed by atoms with Crippen LogP contribution in [0.5, 0.6) is 0 Å². The highest BCUT2D eigenvalue weighted by molar-refractivity contribution is 5.19. The van der Waals surface area contributed by atoms with E-state index in [2.05, 4.69) is 5.32 Å². The SMILES string of the molecule is OC(CNC(CC(F)(F)F)c1ccccc1)C(F)(F)F. The van der Waals surface area contributed by atoms with E-state index in [1.807, 2.05) is 0 Å². The van der Waals surface area contributed by atoms with Crippen molar-refractivity contribution in [3.63, 3.8) is 0 Å². The zero-order chi connectivity index (χ0) is 15.4. The minimum Gasteiger partial charge on any atom is -0.382 e. The van der Waals surface area contributed by atoms with Crippen LogP contribution in [0, 0.1) is 0 Å². The Bertz CT molecular complexity index is 403. The number of hydrogen-bond acceptors (Lipinski definition) is 2. The molecule has 2 unspecified atom stereocenters. The first-order valence-corrected chi connectivity index (χ1v) is 5.69. The average molecular weight is 301 g/mol. The van der Waals surface area contributed by atoms with Gasteiger partial charge in [-0.3, -0.25) is 0 Å². The van der Waals surface area contributed by atoms with Crippen LogP contribution in [0.2, 0.25) is 0 Å². The molecule has 1 rings (SSSR count). The number of rotatable bonds is 5. The van der Waals surface area contributed by atoms with Gasteiger partial charge in [0.2, 0.25) is 0 Å². The van der Waals surface area contributed by atoms with Crippen molar-refractivity contribution in [3.8, 4) is 0 Å². The molecule has 2 N–H and O–H groups in total. The summed E-state index contributed by atoms with van der Waals surface area (Å²) in [6.45, 7) is -1.00. The standard InChI is InChI=1S/C12H13F6NO/c13-11(14,15)6-9(8-4-2-1-3-5-8)19-7-10(20)12(16,17)18/h1-5,9-10,19-20H,6-7H2. The Kier molecular flexibility index (Phi) is 5.41. The monoisotopic (exact) mass is 301 g/mol. The van der Waals surface area contributed by atoms with Crippen LogP contribution in [0.4, 0.5) is 26.3 Å². The molecule has 0 fully saturated rings. The van der Waals surface area contributed by atoms with E-state index in [9.17, 15) is 26.3 Å². The van der Waals surface area contributed by atoms with Crippen molar-refractivity contribution in [3.05, 3.63) is 35.9 Å². The summed E-state index contributed by atoms with van der Waals surface area (Å²) >= 11 is 0. The van der Waals surface area contributed by atoms with Gasteiger partial charge < -0.3 is 10.4 Å². The summed E-state index contributed by atoms with van der Waals surface area (Å²) in [5.41, 5.74) is 0.208. The van der Waals surface area contributed by atoms with Gasteiger partial charge in [0.05, 0.1) is 6.42 Å². The largest absolute Gasteiger partial charge is 0.415 e. The molecule has 20 heavy (non-hydrogen) atoms. The minimum atomic E-state index is -4.87. The van der Waals surface area contributed by atoms with Crippen LogP contribution in [0.1, 0.15) is 18.0 Å². The van der Waals surface area contributed by atoms with E-state index in [1.165, 1.54) is 24.3 Å². The topological polar surface area (TPSA) is 32.3 Å². The Morgan fingerprint density at radius 3 is 2.00 bits per heavy atom. The Balaban J connectivity index is 2.75. The molecule has 1 aromatic carbocycles. The highest BCUT2D eigenvalue weighted by Gasteiger charge is 2.39. The molecule has 0 heterocycles. The van der Waals surface area contributed by atoms with Crippen LogP contribution in [-0.4, -0.2) is 30.1 Å². The van der Waals surface area contributed by atoms with Crippen LogP contribution in [0.3, 0.4) is 0 Å². The van der Waals surface area contributed by atoms with Crippen molar-refractivity contribution in [2.75, 3.05) is 6.54 Å². The van der Waals surface area contributed by atoms with Gasteiger partial charge in [0.15, 0.2) is 6.10 Å². The van der Waals surface area contributed by atoms with Gasteiger partial charge in [-0.2, -0.15) is 26.3 Å². The molecule has 8 heteroatoms. The average Bonchev–Trinajstić information content (AvgIpc) is 2.32. The van der Waals surface area contributed by atoms with Crippen molar-refractivity contribution in [1.82, 2.24) is 5.32 Å². The van der Waals surface area contributed by atoms with Crippen molar-refractivity contribution in [2.24, 2.45) is 0 Å². The van der Waals surface area contributed by atoms with Crippen LogP contribution in [0.15, 0.2) is 30.3 Å². The third kappa shape index (κ3) is 5.79. The molecule has 0 saturated heterocycles. The number of hydrogen-bond donors (Lipinski definition) is 2. The Morgan fingerprint density at radius 2 is 1.55 bits per heavy atom. The molecule has 0 aliphatic heterocycles. The number of benzene rings is 1. The van der Waals surface area contributed by atoms with Gasteiger partial charge in [-0.25, -0.2) is 0 Å². The summed E-state index contributed by atoms with van der Waals surface area (Å²) in [6, 6.07) is 5.97. The van der Waals surface area contributed by atoms with Gasteiger partial charge in [-0.15, -0.1) is 0 Å². The van der Waals surface area contributed by atoms with Gasteiger partial charge in [-0.05, 0) is 5.56 Å². The first-order valence-electron chi connectivity index (χ1n) is 5.69. The number of nitrogens with one attached hydrogen (secondary N) is 1. The Hall–Kier alpha value is -1.28. The summed E-state index contributed by atoms with van der Waals surface area (Å²) < 4.78 is 73.7. The lowest BCUT2D eigenvalue weighted by Crippen LogP contribution is -2.40. The fourth-order valence-electron chi connectivity index (χ4n) is 1.59. The molecule has 0 spiro atoms. The van der Waals surface area contributed by atoms with Gasteiger partial charge in [0.25, 0.3) is 0 Å². The Labute approximate surface area is 111 Å². The molecule has 0 aliphatic rings. The zero-order valence-electron chi connectivity index (χ0n) is 10.2. The third-order valence-electron chi connectivity index (χ3n) is 2.57. The van der Waals surface area contributed by atoms with Gasteiger partial charge in [0.1, 0.15) is 0 Å². The van der Waals surface area contributed by atoms with E-state index in [0.717, 1.165) is 0 Å². The summed E-state index contributed by atoms with van der Waals surface area (Å²) in [6.07, 6.45) is -13.4. The molecule has 2 atom stereocenters. The molecule has 2 nitrogen and oxygen atoms in total. The van der Waals surface area contributed by atoms with Crippen LogP contribution >= 0.6 is 0 Å². The molecule has 0 aromatic heterocycles. The second-order valence-electron chi connectivity index (χ2n) is 4.25. The maximum atomic E-state index is 12.4. The van der Waals surface area contributed by atoms with E-state index >= 15 is 0 Å². The molecule has 0 aliphatic carbocycles. The second kappa shape index (κ2) is 6.45. The first-order chi connectivity index (χ1) is 9.09. The first kappa shape index (κ1) is 16.8. The number of aliphatic hydroxyl groups excluding tert-OH is 1. The molecule has 114 valence electrons. The lowest BCUT2D eigenvalue weighted by atomic mass is 10.0. The molecule has 1 aromatic rings. The van der Waals surface area contributed by atoms with Crippen molar-refractivity contribution in [2.45, 2.75) is 30.9 Å². The number of halogens is 6. The maximum Gasteiger partial charge on any atom is 0.415 e. The summed E-state index contributed by atoms with van der Waals surface area (Å²) in [5, 5.41) is 10.9. The van der Waals surface area contributed by atoms with E-state index in [0.29, 0.717) is 0 Å². The van der Waals surface area contributed by atoms with E-state index < -0.39 is 37.5 Å². The predicted molar refractivity (Wildman–Crippen MR) is 59.9 cm³/mol. The number of aliphatic hydroxyl groups is 1. The molecule has 0 amide bonds. The van der Waals surface area contributed by atoms with Crippen LogP contribution in [0.25, 0.3) is 0 Å². The highest BCUT2D eigenvalue weighted by Crippen LogP contribution is 2.30. The van der Waals surface area contributed by atoms with Crippen molar-refractivity contribution < 1.29 is 31.4 Å². The van der Waals surface area contributed by atoms with Crippen LogP contribution < -0.4 is 5.32 Å². The van der Waals surface area contributed by atoms with E-state index in [1.54, 1.807) is 6.07 Å². The van der Waals surface area contributed by atoms with Crippen LogP contribution in [-0.2, 0) is 0 Å². The zero-order valence-corrected chi connectivity index (χ0v) is 10.2. The molecule has 0 saturated carbocycles. The molecular formula is C12H13F6NO. The quantitative estimate of drug-likeness (QED) is 0.819. The van der Waals surface area contributed by atoms with Gasteiger partial charge in [-0.1, -0.05) is 30.3 Å². The fraction of sp³-hybridized carbons (Fsp3) is 0.500. The Morgan fingerprint density at radius 1 is 1.00 bits per heavy atom. The summed E-state index contributed by atoms with van der Waals surface area (Å²) in [5.74, 6) is 0. The molecule has 0 bridgehead atoms. The third-order valence-corrected chi connectivity index (χ3v) is 2.57. The van der Waals surface area contributed by atoms with Gasteiger partial charge in [0, 0.05) is 12.6 Å². The maximum absolute atomic E-state index is 12.4. The second-order valence-corrected chi connectivity index (χ2v) is 4.25. The van der Waals surface area contributed by atoms with Crippen molar-refractivity contribution in [1.29, 1.82) is 0 Å². The lowest BCUT2D eigenvalue weighted by Gasteiger charge is -2.23. The smallest absolute Gasteiger partial charge is 0.382 e. The minimum absolute atomic E-state index is 0.208. The van der Waals surface area contributed by atoms with E-state index in [-0.39, 0.29) is 5.56 Å². The normalized spacial score (nSPS) is 15.9.